The number of rotatable bonds is 8. The summed E-state index contributed by atoms with van der Waals surface area (Å²) in [6, 6.07) is 17.0. The molecule has 0 aliphatic carbocycles. The molecule has 1 saturated heterocycles. The van der Waals surface area contributed by atoms with Gasteiger partial charge in [0.2, 0.25) is 0 Å². The maximum Gasteiger partial charge on any atom is 0.421 e. The minimum Gasteiger partial charge on any atom is -0.462 e. The monoisotopic (exact) mass is 541 g/mol. The zero-order chi connectivity index (χ0) is 28.2. The topological polar surface area (TPSA) is 65.9 Å². The molecule has 0 bridgehead atoms. The van der Waals surface area contributed by atoms with Gasteiger partial charge in [-0.3, -0.25) is 19.6 Å². The molecule has 9 heteroatoms. The molecular weight excluding hydrogens is 507 g/mol. The van der Waals surface area contributed by atoms with E-state index in [2.05, 4.69) is 14.8 Å². The number of benzene rings is 2. The number of hydrogen-bond acceptors (Lipinski definition) is 6. The molecule has 0 spiro atoms. The molecule has 0 amide bonds. The number of nitrogens with zero attached hydrogens (tertiary/aromatic N) is 3. The van der Waals surface area contributed by atoms with Crippen molar-refractivity contribution in [3.05, 3.63) is 89.7 Å². The zero-order valence-corrected chi connectivity index (χ0v) is 22.4. The van der Waals surface area contributed by atoms with Crippen LogP contribution >= 0.6 is 0 Å². The molecule has 2 aromatic carbocycles. The quantitative estimate of drug-likeness (QED) is 0.398. The van der Waals surface area contributed by atoms with E-state index >= 15 is 0 Å². The zero-order valence-electron chi connectivity index (χ0n) is 22.4. The van der Waals surface area contributed by atoms with Crippen molar-refractivity contribution in [3.63, 3.8) is 0 Å². The van der Waals surface area contributed by atoms with Crippen LogP contribution in [0.3, 0.4) is 0 Å². The van der Waals surface area contributed by atoms with Gasteiger partial charge < -0.3 is 9.84 Å². The number of piperazine rings is 1. The van der Waals surface area contributed by atoms with E-state index in [1.54, 1.807) is 24.5 Å². The number of aromatic nitrogens is 1. The molecule has 1 N–H and O–H groups in total. The summed E-state index contributed by atoms with van der Waals surface area (Å²) in [5, 5.41) is 9.91. The number of esters is 1. The molecule has 1 aliphatic rings. The Morgan fingerprint density at radius 3 is 2.08 bits per heavy atom. The SMILES string of the molecule is CC(C)OC(=O)[C@H]1CN(Cc2ccncc2)CCN1Cc1ccc(-c2ccc(C(C)(O)C(F)(F)F)cc2)cc1. The Morgan fingerprint density at radius 2 is 1.51 bits per heavy atom. The molecule has 1 unspecified atom stereocenters. The smallest absolute Gasteiger partial charge is 0.421 e. The van der Waals surface area contributed by atoms with E-state index in [1.807, 2.05) is 50.2 Å². The van der Waals surface area contributed by atoms with Crippen molar-refractivity contribution in [2.24, 2.45) is 0 Å². The molecular formula is C30H34F3N3O3. The van der Waals surface area contributed by atoms with Gasteiger partial charge in [0.25, 0.3) is 0 Å². The van der Waals surface area contributed by atoms with Gasteiger partial charge in [-0.2, -0.15) is 13.2 Å². The van der Waals surface area contributed by atoms with Crippen LogP contribution in [-0.4, -0.2) is 63.8 Å². The number of carbonyl (C=O) groups is 1. The van der Waals surface area contributed by atoms with Gasteiger partial charge in [0.15, 0.2) is 5.60 Å². The first-order valence-electron chi connectivity index (χ1n) is 13.0. The van der Waals surface area contributed by atoms with E-state index in [-0.39, 0.29) is 17.6 Å². The Morgan fingerprint density at radius 1 is 0.949 bits per heavy atom. The van der Waals surface area contributed by atoms with Crippen LogP contribution in [0.25, 0.3) is 11.1 Å². The summed E-state index contributed by atoms with van der Waals surface area (Å²) in [7, 11) is 0. The summed E-state index contributed by atoms with van der Waals surface area (Å²) in [6.45, 7) is 7.79. The lowest BCUT2D eigenvalue weighted by Gasteiger charge is -2.40. The summed E-state index contributed by atoms with van der Waals surface area (Å²) < 4.78 is 45.0. The highest BCUT2D eigenvalue weighted by atomic mass is 19.4. The molecule has 2 heterocycles. The van der Waals surface area contributed by atoms with Crippen molar-refractivity contribution < 1.29 is 27.8 Å². The Hall–Kier alpha value is -3.27. The van der Waals surface area contributed by atoms with Crippen LogP contribution in [0, 0.1) is 0 Å². The highest BCUT2D eigenvalue weighted by molar-refractivity contribution is 5.76. The molecule has 0 saturated carbocycles. The highest BCUT2D eigenvalue weighted by Crippen LogP contribution is 2.39. The molecule has 2 atom stereocenters. The Balaban J connectivity index is 1.45. The maximum atomic E-state index is 13.2. The summed E-state index contributed by atoms with van der Waals surface area (Å²) in [4.78, 5) is 21.5. The average molecular weight is 542 g/mol. The molecule has 6 nitrogen and oxygen atoms in total. The van der Waals surface area contributed by atoms with Gasteiger partial charge in [0.05, 0.1) is 6.10 Å². The van der Waals surface area contributed by atoms with E-state index in [1.165, 1.54) is 12.1 Å². The number of carbonyl (C=O) groups excluding carboxylic acids is 1. The first-order valence-corrected chi connectivity index (χ1v) is 13.0. The predicted octanol–water partition coefficient (Wildman–Crippen LogP) is 5.16. The Bertz CT molecular complexity index is 1230. The molecule has 1 aromatic heterocycles. The summed E-state index contributed by atoms with van der Waals surface area (Å²) in [6.07, 6.45) is -1.44. The first kappa shape index (κ1) is 28.7. The molecule has 0 radical (unpaired) electrons. The third kappa shape index (κ3) is 7.03. The summed E-state index contributed by atoms with van der Waals surface area (Å²) in [5.41, 5.74) is 0.616. The first-order chi connectivity index (χ1) is 18.4. The molecule has 3 aromatic rings. The minimum atomic E-state index is -4.76. The summed E-state index contributed by atoms with van der Waals surface area (Å²) >= 11 is 0. The van der Waals surface area contributed by atoms with Crippen molar-refractivity contribution in [3.8, 4) is 11.1 Å². The van der Waals surface area contributed by atoms with Crippen molar-refractivity contribution in [1.82, 2.24) is 14.8 Å². The predicted molar refractivity (Wildman–Crippen MR) is 142 cm³/mol. The fourth-order valence-electron chi connectivity index (χ4n) is 4.68. The third-order valence-corrected chi connectivity index (χ3v) is 7.03. The lowest BCUT2D eigenvalue weighted by molar-refractivity contribution is -0.258. The number of aliphatic hydroxyl groups is 1. The van der Waals surface area contributed by atoms with Crippen LogP contribution < -0.4 is 0 Å². The Labute approximate surface area is 227 Å². The highest BCUT2D eigenvalue weighted by Gasteiger charge is 2.51. The second kappa shape index (κ2) is 11.9. The van der Waals surface area contributed by atoms with Gasteiger partial charge in [0, 0.05) is 45.1 Å². The number of hydrogen-bond donors (Lipinski definition) is 1. The van der Waals surface area contributed by atoms with Gasteiger partial charge >= 0.3 is 12.1 Å². The number of halogens is 3. The van der Waals surface area contributed by atoms with E-state index in [9.17, 15) is 23.1 Å². The van der Waals surface area contributed by atoms with Crippen LogP contribution in [0.1, 0.15) is 37.5 Å². The molecule has 1 fully saturated rings. The van der Waals surface area contributed by atoms with Crippen LogP contribution in [-0.2, 0) is 28.2 Å². The van der Waals surface area contributed by atoms with Crippen molar-refractivity contribution in [1.29, 1.82) is 0 Å². The van der Waals surface area contributed by atoms with E-state index in [0.717, 1.165) is 42.3 Å². The lowest BCUT2D eigenvalue weighted by Crippen LogP contribution is -2.56. The van der Waals surface area contributed by atoms with Crippen molar-refractivity contribution >= 4 is 5.97 Å². The normalized spacial score (nSPS) is 18.6. The largest absolute Gasteiger partial charge is 0.462 e. The maximum absolute atomic E-state index is 13.2. The van der Waals surface area contributed by atoms with Crippen LogP contribution in [0.4, 0.5) is 13.2 Å². The summed E-state index contributed by atoms with van der Waals surface area (Å²) in [5.74, 6) is -0.240. The van der Waals surface area contributed by atoms with Crippen molar-refractivity contribution in [2.75, 3.05) is 19.6 Å². The van der Waals surface area contributed by atoms with Gasteiger partial charge in [0.1, 0.15) is 6.04 Å². The molecule has 208 valence electrons. The number of pyridine rings is 1. The Kier molecular flexibility index (Phi) is 8.73. The van der Waals surface area contributed by atoms with Crippen molar-refractivity contribution in [2.45, 2.75) is 57.8 Å². The fraction of sp³-hybridized carbons (Fsp3) is 0.400. The van der Waals surface area contributed by atoms with Crippen LogP contribution in [0.5, 0.6) is 0 Å². The van der Waals surface area contributed by atoms with Gasteiger partial charge in [-0.15, -0.1) is 0 Å². The minimum absolute atomic E-state index is 0.208. The van der Waals surface area contributed by atoms with Crippen LogP contribution in [0.15, 0.2) is 73.1 Å². The second-order valence-electron chi connectivity index (χ2n) is 10.4. The fourth-order valence-corrected chi connectivity index (χ4v) is 4.68. The standard InChI is InChI=1S/C30H34F3N3O3/c1-21(2)39-28(37)27-20-35(18-23-12-14-34-15-13-23)16-17-36(27)19-22-4-6-24(7-5-22)25-8-10-26(11-9-25)29(3,38)30(31,32)33/h4-15,21,27,38H,16-20H2,1-3H3/t27-,29?/m1/s1. The average Bonchev–Trinajstić information content (AvgIpc) is 2.89. The van der Waals surface area contributed by atoms with E-state index in [4.69, 9.17) is 4.74 Å². The van der Waals surface area contributed by atoms with Gasteiger partial charge in [-0.05, 0) is 60.7 Å². The molecule has 4 rings (SSSR count). The number of ether oxygens (including phenoxy) is 1. The lowest BCUT2D eigenvalue weighted by atomic mass is 9.93. The van der Waals surface area contributed by atoms with Gasteiger partial charge in [-0.25, -0.2) is 0 Å². The molecule has 39 heavy (non-hydrogen) atoms. The molecule has 1 aliphatic heterocycles. The number of alkyl halides is 3. The van der Waals surface area contributed by atoms with Crippen LogP contribution in [0.2, 0.25) is 0 Å². The van der Waals surface area contributed by atoms with Gasteiger partial charge in [-0.1, -0.05) is 48.5 Å². The van der Waals surface area contributed by atoms with E-state index in [0.29, 0.717) is 19.6 Å². The third-order valence-electron chi connectivity index (χ3n) is 7.03. The van der Waals surface area contributed by atoms with E-state index < -0.39 is 17.8 Å². The second-order valence-corrected chi connectivity index (χ2v) is 10.4.